The van der Waals surface area contributed by atoms with Crippen LogP contribution in [0.5, 0.6) is 5.75 Å². The van der Waals surface area contributed by atoms with Crippen LogP contribution in [0.15, 0.2) is 53.8 Å². The maximum atomic E-state index is 5.90. The van der Waals surface area contributed by atoms with Gasteiger partial charge in [-0.15, -0.1) is 10.2 Å². The zero-order chi connectivity index (χ0) is 21.5. The highest BCUT2D eigenvalue weighted by molar-refractivity contribution is 7.98. The highest BCUT2D eigenvalue weighted by Crippen LogP contribution is 2.24. The molecule has 8 heteroatoms. The van der Waals surface area contributed by atoms with Crippen molar-refractivity contribution >= 4 is 11.8 Å². The molecule has 31 heavy (non-hydrogen) atoms. The Balaban J connectivity index is 1.46. The molecular weight excluding hydrogens is 410 g/mol. The molecule has 3 aromatic rings. The van der Waals surface area contributed by atoms with Gasteiger partial charge >= 0.3 is 0 Å². The van der Waals surface area contributed by atoms with Gasteiger partial charge in [0.1, 0.15) is 11.6 Å². The molecule has 1 saturated heterocycles. The predicted molar refractivity (Wildman–Crippen MR) is 121 cm³/mol. The lowest BCUT2D eigenvalue weighted by Crippen LogP contribution is -2.23. The molecule has 3 heterocycles. The maximum Gasteiger partial charge on any atom is 0.191 e. The highest BCUT2D eigenvalue weighted by atomic mass is 32.2. The first kappa shape index (κ1) is 21.8. The van der Waals surface area contributed by atoms with Crippen LogP contribution in [0.1, 0.15) is 29.9 Å². The summed E-state index contributed by atoms with van der Waals surface area (Å²) in [7, 11) is 3.80. The van der Waals surface area contributed by atoms with Gasteiger partial charge in [-0.1, -0.05) is 30.0 Å². The molecule has 0 unspecified atom stereocenters. The van der Waals surface area contributed by atoms with Crippen LogP contribution in [0.2, 0.25) is 0 Å². The zero-order valence-electron chi connectivity index (χ0n) is 18.1. The number of methoxy groups -OCH3 is 1. The van der Waals surface area contributed by atoms with Crippen molar-refractivity contribution in [3.05, 3.63) is 65.7 Å². The second-order valence-electron chi connectivity index (χ2n) is 7.78. The molecule has 1 aliphatic rings. The number of nitrogens with zero attached hydrogens (tertiary/aromatic N) is 5. The molecule has 0 spiro atoms. The molecule has 4 rings (SSSR count). The molecular formula is C23H29N5O2S. The Bertz CT molecular complexity index is 960. The molecule has 0 bridgehead atoms. The van der Waals surface area contributed by atoms with Gasteiger partial charge in [-0.05, 0) is 49.7 Å². The van der Waals surface area contributed by atoms with E-state index in [-0.39, 0.29) is 6.10 Å². The number of ether oxygens (including phenoxy) is 2. The molecule has 1 aliphatic heterocycles. The van der Waals surface area contributed by atoms with Gasteiger partial charge in [0.2, 0.25) is 0 Å². The van der Waals surface area contributed by atoms with Gasteiger partial charge in [-0.25, -0.2) is 0 Å². The monoisotopic (exact) mass is 439 g/mol. The number of aromatic nitrogens is 4. The Morgan fingerprint density at radius 1 is 1.19 bits per heavy atom. The number of pyridine rings is 1. The summed E-state index contributed by atoms with van der Waals surface area (Å²) in [6.07, 6.45) is 4.26. The third kappa shape index (κ3) is 6.06. The summed E-state index contributed by atoms with van der Waals surface area (Å²) >= 11 is 1.68. The van der Waals surface area contributed by atoms with Crippen molar-refractivity contribution in [3.8, 4) is 5.75 Å². The molecule has 0 saturated carbocycles. The first-order chi connectivity index (χ1) is 15.2. The van der Waals surface area contributed by atoms with Gasteiger partial charge in [0.05, 0.1) is 32.0 Å². The Morgan fingerprint density at radius 3 is 2.90 bits per heavy atom. The SMILES string of the molecule is COc1cccc(CN(C)Cc2nnc(SCc3ccccn3)n2C[C@@H]2CCCO2)c1. The van der Waals surface area contributed by atoms with Crippen LogP contribution >= 0.6 is 11.8 Å². The Kier molecular flexibility index (Phi) is 7.56. The van der Waals surface area contributed by atoms with E-state index in [4.69, 9.17) is 9.47 Å². The molecule has 1 fully saturated rings. The smallest absolute Gasteiger partial charge is 0.191 e. The minimum atomic E-state index is 0.229. The first-order valence-electron chi connectivity index (χ1n) is 10.6. The van der Waals surface area contributed by atoms with Crippen LogP contribution in [-0.4, -0.2) is 51.5 Å². The second kappa shape index (κ2) is 10.7. The molecule has 1 atom stereocenters. The molecule has 0 radical (unpaired) electrons. The first-order valence-corrected chi connectivity index (χ1v) is 11.6. The van der Waals surface area contributed by atoms with Gasteiger partial charge in [0.25, 0.3) is 0 Å². The molecule has 0 aliphatic carbocycles. The summed E-state index contributed by atoms with van der Waals surface area (Å²) in [5.41, 5.74) is 2.24. The molecule has 164 valence electrons. The molecule has 2 aromatic heterocycles. The minimum absolute atomic E-state index is 0.229. The van der Waals surface area contributed by atoms with E-state index >= 15 is 0 Å². The van der Waals surface area contributed by atoms with E-state index in [0.29, 0.717) is 6.54 Å². The quantitative estimate of drug-likeness (QED) is 0.445. The van der Waals surface area contributed by atoms with E-state index in [1.165, 1.54) is 5.56 Å². The van der Waals surface area contributed by atoms with Crippen molar-refractivity contribution in [1.29, 1.82) is 0 Å². The van der Waals surface area contributed by atoms with Crippen LogP contribution in [0.4, 0.5) is 0 Å². The number of thioether (sulfide) groups is 1. The molecule has 0 amide bonds. The van der Waals surface area contributed by atoms with Crippen LogP contribution in [0.3, 0.4) is 0 Å². The van der Waals surface area contributed by atoms with E-state index in [2.05, 4.69) is 43.8 Å². The minimum Gasteiger partial charge on any atom is -0.497 e. The molecule has 7 nitrogen and oxygen atoms in total. The highest BCUT2D eigenvalue weighted by Gasteiger charge is 2.22. The standard InChI is InChI=1S/C23H29N5O2S/c1-27(14-18-7-5-9-20(13-18)29-2)16-22-25-26-23(28(22)15-21-10-6-12-30-21)31-17-19-8-3-4-11-24-19/h3-5,7-9,11,13,21H,6,10,12,14-17H2,1-2H3/t21-/m0/s1. The number of benzene rings is 1. The molecule has 0 N–H and O–H groups in total. The largest absolute Gasteiger partial charge is 0.497 e. The van der Waals surface area contributed by atoms with E-state index < -0.39 is 0 Å². The Hall–Kier alpha value is -2.42. The number of hydrogen-bond donors (Lipinski definition) is 0. The predicted octanol–water partition coefficient (Wildman–Crippen LogP) is 3.79. The average molecular weight is 440 g/mol. The van der Waals surface area contributed by atoms with Gasteiger partial charge < -0.3 is 14.0 Å². The Morgan fingerprint density at radius 2 is 2.13 bits per heavy atom. The van der Waals surface area contributed by atoms with Crippen LogP contribution < -0.4 is 4.74 Å². The molecule has 1 aromatic carbocycles. The third-order valence-electron chi connectivity index (χ3n) is 5.28. The van der Waals surface area contributed by atoms with E-state index in [0.717, 1.165) is 60.7 Å². The van der Waals surface area contributed by atoms with Crippen molar-refractivity contribution in [1.82, 2.24) is 24.6 Å². The lowest BCUT2D eigenvalue weighted by molar-refractivity contribution is 0.0934. The summed E-state index contributed by atoms with van der Waals surface area (Å²) < 4.78 is 13.5. The fraction of sp³-hybridized carbons (Fsp3) is 0.435. The summed E-state index contributed by atoms with van der Waals surface area (Å²) in [5.74, 6) is 2.61. The zero-order valence-corrected chi connectivity index (χ0v) is 18.9. The maximum absolute atomic E-state index is 5.90. The van der Waals surface area contributed by atoms with Gasteiger partial charge in [0.15, 0.2) is 5.16 Å². The second-order valence-corrected chi connectivity index (χ2v) is 8.72. The average Bonchev–Trinajstić information content (AvgIpc) is 3.44. The summed E-state index contributed by atoms with van der Waals surface area (Å²) in [5, 5.41) is 9.96. The topological polar surface area (TPSA) is 65.3 Å². The third-order valence-corrected chi connectivity index (χ3v) is 6.28. The van der Waals surface area contributed by atoms with E-state index in [1.807, 2.05) is 36.5 Å². The van der Waals surface area contributed by atoms with E-state index in [9.17, 15) is 0 Å². The Labute approximate surface area is 187 Å². The van der Waals surface area contributed by atoms with Crippen molar-refractivity contribution in [2.45, 2.75) is 49.5 Å². The summed E-state index contributed by atoms with van der Waals surface area (Å²) in [6.45, 7) is 3.15. The lowest BCUT2D eigenvalue weighted by Gasteiger charge is -2.19. The van der Waals surface area contributed by atoms with Crippen LogP contribution in [0, 0.1) is 0 Å². The lowest BCUT2D eigenvalue weighted by atomic mass is 10.2. The van der Waals surface area contributed by atoms with E-state index in [1.54, 1.807) is 18.9 Å². The summed E-state index contributed by atoms with van der Waals surface area (Å²) in [4.78, 5) is 6.67. The van der Waals surface area contributed by atoms with Crippen LogP contribution in [-0.2, 0) is 30.1 Å². The summed E-state index contributed by atoms with van der Waals surface area (Å²) in [6, 6.07) is 14.2. The van der Waals surface area contributed by atoms with Crippen molar-refractivity contribution in [3.63, 3.8) is 0 Å². The fourth-order valence-electron chi connectivity index (χ4n) is 3.72. The number of rotatable bonds is 10. The van der Waals surface area contributed by atoms with Crippen molar-refractivity contribution in [2.24, 2.45) is 0 Å². The van der Waals surface area contributed by atoms with Gasteiger partial charge in [-0.2, -0.15) is 0 Å². The van der Waals surface area contributed by atoms with Crippen molar-refractivity contribution in [2.75, 3.05) is 20.8 Å². The van der Waals surface area contributed by atoms with Gasteiger partial charge in [-0.3, -0.25) is 9.88 Å². The number of hydrogen-bond acceptors (Lipinski definition) is 7. The van der Waals surface area contributed by atoms with Crippen molar-refractivity contribution < 1.29 is 9.47 Å². The fourth-order valence-corrected chi connectivity index (χ4v) is 4.60. The van der Waals surface area contributed by atoms with Crippen LogP contribution in [0.25, 0.3) is 0 Å². The normalized spacial score (nSPS) is 16.2. The van der Waals surface area contributed by atoms with Gasteiger partial charge in [0, 0.05) is 25.1 Å².